The fraction of sp³-hybridized carbons (Fsp3) is 0.240. The lowest BCUT2D eigenvalue weighted by Gasteiger charge is -2.09. The highest BCUT2D eigenvalue weighted by atomic mass is 19.4. The summed E-state index contributed by atoms with van der Waals surface area (Å²) in [5.74, 6) is -0.722. The van der Waals surface area contributed by atoms with E-state index in [1.165, 1.54) is 12.1 Å². The number of rotatable bonds is 10. The largest absolute Gasteiger partial charge is 0.494 e. The molecule has 3 rings (SSSR count). The molecule has 0 atom stereocenters. The summed E-state index contributed by atoms with van der Waals surface area (Å²) in [6.07, 6.45) is -1.50. The molecule has 1 heterocycles. The number of halogens is 3. The molecule has 34 heavy (non-hydrogen) atoms. The third kappa shape index (κ3) is 7.33. The minimum atomic E-state index is -4.36. The van der Waals surface area contributed by atoms with Gasteiger partial charge in [0.1, 0.15) is 5.75 Å². The normalized spacial score (nSPS) is 11.1. The van der Waals surface area contributed by atoms with E-state index in [0.29, 0.717) is 36.3 Å². The molecule has 2 aromatic carbocycles. The molecule has 0 unspecified atom stereocenters. The summed E-state index contributed by atoms with van der Waals surface area (Å²) >= 11 is 0. The van der Waals surface area contributed by atoms with Crippen LogP contribution >= 0.6 is 0 Å². The summed E-state index contributed by atoms with van der Waals surface area (Å²) in [5.41, 5.74) is 1.97. The number of aliphatic carboxylic acids is 1. The summed E-state index contributed by atoms with van der Waals surface area (Å²) in [4.78, 5) is 26.8. The number of hydrogen-bond acceptors (Lipinski definition) is 4. The van der Waals surface area contributed by atoms with Gasteiger partial charge in [-0.15, -0.1) is 0 Å². The van der Waals surface area contributed by atoms with Crippen molar-refractivity contribution in [1.82, 2.24) is 10.3 Å². The quantitative estimate of drug-likeness (QED) is 0.406. The number of carbonyl (C=O) groups excluding carboxylic acids is 1. The van der Waals surface area contributed by atoms with Crippen LogP contribution in [-0.2, 0) is 17.4 Å². The number of carboxylic acids is 1. The number of benzene rings is 2. The lowest BCUT2D eigenvalue weighted by molar-refractivity contribution is -0.138. The number of aromatic nitrogens is 1. The summed E-state index contributed by atoms with van der Waals surface area (Å²) in [6.45, 7) is 0.498. The minimum Gasteiger partial charge on any atom is -0.494 e. The van der Waals surface area contributed by atoms with Crippen molar-refractivity contribution in [3.8, 4) is 16.9 Å². The van der Waals surface area contributed by atoms with Gasteiger partial charge >= 0.3 is 12.1 Å². The molecule has 0 fully saturated rings. The minimum absolute atomic E-state index is 0.0613. The highest BCUT2D eigenvalue weighted by molar-refractivity contribution is 5.94. The van der Waals surface area contributed by atoms with Crippen molar-refractivity contribution < 1.29 is 32.6 Å². The molecule has 0 bridgehead atoms. The van der Waals surface area contributed by atoms with Gasteiger partial charge in [-0.3, -0.25) is 14.6 Å². The summed E-state index contributed by atoms with van der Waals surface area (Å²) in [5, 5.41) is 11.1. The van der Waals surface area contributed by atoms with E-state index in [2.05, 4.69) is 10.3 Å². The summed E-state index contributed by atoms with van der Waals surface area (Å²) in [7, 11) is 0. The van der Waals surface area contributed by atoms with E-state index in [1.807, 2.05) is 12.1 Å². The SMILES string of the molecule is O=C(O)CCNC(=O)c1ccc(OCCCc2ccc(-c3ccc(C(F)(F)F)cc3)cn2)cc1. The van der Waals surface area contributed by atoms with Crippen LogP contribution in [0.25, 0.3) is 11.1 Å². The maximum absolute atomic E-state index is 12.7. The van der Waals surface area contributed by atoms with E-state index in [-0.39, 0.29) is 18.9 Å². The number of alkyl halides is 3. The molecule has 0 aliphatic heterocycles. The van der Waals surface area contributed by atoms with E-state index >= 15 is 0 Å². The van der Waals surface area contributed by atoms with Crippen LogP contribution in [-0.4, -0.2) is 35.1 Å². The topological polar surface area (TPSA) is 88.5 Å². The van der Waals surface area contributed by atoms with Crippen LogP contribution in [0.15, 0.2) is 66.9 Å². The van der Waals surface area contributed by atoms with Gasteiger partial charge in [-0.2, -0.15) is 13.2 Å². The van der Waals surface area contributed by atoms with Gasteiger partial charge in [0.25, 0.3) is 5.91 Å². The highest BCUT2D eigenvalue weighted by Crippen LogP contribution is 2.30. The first-order chi connectivity index (χ1) is 16.2. The first-order valence-corrected chi connectivity index (χ1v) is 10.6. The highest BCUT2D eigenvalue weighted by Gasteiger charge is 2.29. The number of carboxylic acid groups (broad SMARTS) is 1. The van der Waals surface area contributed by atoms with E-state index in [0.717, 1.165) is 23.4 Å². The Balaban J connectivity index is 1.42. The number of carbonyl (C=O) groups is 2. The third-order valence-corrected chi connectivity index (χ3v) is 4.96. The van der Waals surface area contributed by atoms with Crippen molar-refractivity contribution in [2.24, 2.45) is 0 Å². The standard InChI is InChI=1S/C25H23F3N2O4/c26-25(27,28)20-8-3-17(4-9-20)19-5-10-21(30-16-19)2-1-15-34-22-11-6-18(7-12-22)24(33)29-14-13-23(31)32/h3-12,16H,1-2,13-15H2,(H,29,33)(H,31,32). The van der Waals surface area contributed by atoms with Crippen LogP contribution in [0.2, 0.25) is 0 Å². The molecule has 2 N–H and O–H groups in total. The molecule has 0 spiro atoms. The van der Waals surface area contributed by atoms with Crippen molar-refractivity contribution in [3.63, 3.8) is 0 Å². The Hall–Kier alpha value is -3.88. The lowest BCUT2D eigenvalue weighted by Crippen LogP contribution is -2.25. The van der Waals surface area contributed by atoms with Gasteiger partial charge < -0.3 is 15.2 Å². The van der Waals surface area contributed by atoms with Crippen LogP contribution in [0.1, 0.15) is 34.5 Å². The van der Waals surface area contributed by atoms with Crippen molar-refractivity contribution in [2.75, 3.05) is 13.2 Å². The van der Waals surface area contributed by atoms with Crippen molar-refractivity contribution in [2.45, 2.75) is 25.4 Å². The third-order valence-electron chi connectivity index (χ3n) is 4.96. The number of ether oxygens (including phenoxy) is 1. The zero-order chi connectivity index (χ0) is 24.6. The van der Waals surface area contributed by atoms with Gasteiger partial charge in [-0.1, -0.05) is 18.2 Å². The number of nitrogens with zero attached hydrogens (tertiary/aromatic N) is 1. The Bertz CT molecular complexity index is 1100. The van der Waals surface area contributed by atoms with E-state index < -0.39 is 17.7 Å². The van der Waals surface area contributed by atoms with Crippen LogP contribution in [0, 0.1) is 0 Å². The number of nitrogens with one attached hydrogen (secondary N) is 1. The molecule has 1 amide bonds. The van der Waals surface area contributed by atoms with Crippen molar-refractivity contribution in [3.05, 3.63) is 83.7 Å². The lowest BCUT2D eigenvalue weighted by atomic mass is 10.0. The average molecular weight is 472 g/mol. The van der Waals surface area contributed by atoms with Crippen LogP contribution in [0.3, 0.4) is 0 Å². The molecule has 1 aromatic heterocycles. The number of aryl methyl sites for hydroxylation is 1. The van der Waals surface area contributed by atoms with Crippen molar-refractivity contribution >= 4 is 11.9 Å². The second-order valence-corrected chi connectivity index (χ2v) is 7.49. The van der Waals surface area contributed by atoms with Gasteiger partial charge in [-0.05, 0) is 60.9 Å². The average Bonchev–Trinajstić information content (AvgIpc) is 2.82. The van der Waals surface area contributed by atoms with E-state index in [4.69, 9.17) is 9.84 Å². The van der Waals surface area contributed by atoms with Crippen LogP contribution in [0.5, 0.6) is 5.75 Å². The maximum Gasteiger partial charge on any atom is 0.416 e. The van der Waals surface area contributed by atoms with Gasteiger partial charge in [0.2, 0.25) is 0 Å². The molecule has 0 saturated carbocycles. The molecular weight excluding hydrogens is 449 g/mol. The molecule has 6 nitrogen and oxygen atoms in total. The molecule has 0 aliphatic rings. The monoisotopic (exact) mass is 472 g/mol. The Morgan fingerprint density at radius 2 is 1.62 bits per heavy atom. The first-order valence-electron chi connectivity index (χ1n) is 10.6. The Labute approximate surface area is 194 Å². The summed E-state index contributed by atoms with van der Waals surface area (Å²) in [6, 6.07) is 15.2. The van der Waals surface area contributed by atoms with Gasteiger partial charge in [-0.25, -0.2) is 0 Å². The zero-order valence-electron chi connectivity index (χ0n) is 18.1. The van der Waals surface area contributed by atoms with E-state index in [1.54, 1.807) is 30.5 Å². The van der Waals surface area contributed by atoms with Crippen LogP contribution < -0.4 is 10.1 Å². The zero-order valence-corrected chi connectivity index (χ0v) is 18.1. The Morgan fingerprint density at radius 1 is 0.941 bits per heavy atom. The molecule has 3 aromatic rings. The number of amides is 1. The van der Waals surface area contributed by atoms with Gasteiger partial charge in [0, 0.05) is 29.6 Å². The predicted molar refractivity (Wildman–Crippen MR) is 120 cm³/mol. The fourth-order valence-corrected chi connectivity index (χ4v) is 3.13. The predicted octanol–water partition coefficient (Wildman–Crippen LogP) is 4.98. The smallest absolute Gasteiger partial charge is 0.416 e. The molecule has 9 heteroatoms. The fourth-order valence-electron chi connectivity index (χ4n) is 3.13. The van der Waals surface area contributed by atoms with Crippen molar-refractivity contribution in [1.29, 1.82) is 0 Å². The van der Waals surface area contributed by atoms with Gasteiger partial charge in [0.15, 0.2) is 0 Å². The number of pyridine rings is 1. The second kappa shape index (κ2) is 11.3. The van der Waals surface area contributed by atoms with Crippen LogP contribution in [0.4, 0.5) is 13.2 Å². The molecule has 0 aliphatic carbocycles. The number of hydrogen-bond donors (Lipinski definition) is 2. The molecule has 178 valence electrons. The maximum atomic E-state index is 12.7. The Kier molecular flexibility index (Phi) is 8.24. The van der Waals surface area contributed by atoms with Gasteiger partial charge in [0.05, 0.1) is 18.6 Å². The molecule has 0 saturated heterocycles. The molecule has 0 radical (unpaired) electrons. The second-order valence-electron chi connectivity index (χ2n) is 7.49. The molecular formula is C25H23F3N2O4. The van der Waals surface area contributed by atoms with E-state index in [9.17, 15) is 22.8 Å². The Morgan fingerprint density at radius 3 is 2.21 bits per heavy atom. The summed E-state index contributed by atoms with van der Waals surface area (Å²) < 4.78 is 43.7. The first kappa shape index (κ1) is 24.8.